The molecule has 0 unspecified atom stereocenters. The Balaban J connectivity index is 2.05. The predicted molar refractivity (Wildman–Crippen MR) is 90.6 cm³/mol. The van der Waals surface area contributed by atoms with E-state index < -0.39 is 0 Å². The van der Waals surface area contributed by atoms with Crippen LogP contribution in [0.5, 0.6) is 11.5 Å². The van der Waals surface area contributed by atoms with E-state index in [9.17, 15) is 0 Å². The predicted octanol–water partition coefficient (Wildman–Crippen LogP) is 3.09. The molecule has 7 heteroatoms. The third-order valence-electron chi connectivity index (χ3n) is 3.22. The Kier molecular flexibility index (Phi) is 5.96. The van der Waals surface area contributed by atoms with Crippen molar-refractivity contribution >= 4 is 17.5 Å². The summed E-state index contributed by atoms with van der Waals surface area (Å²) in [7, 11) is 3.21. The number of nitrogens with zero attached hydrogens (tertiary/aromatic N) is 3. The summed E-state index contributed by atoms with van der Waals surface area (Å²) in [5.41, 5.74) is 0.830. The third-order valence-corrected chi connectivity index (χ3v) is 3.22. The maximum atomic E-state index is 5.29. The summed E-state index contributed by atoms with van der Waals surface area (Å²) in [6.07, 6.45) is 2.63. The van der Waals surface area contributed by atoms with Crippen LogP contribution in [-0.4, -0.2) is 35.9 Å². The highest BCUT2D eigenvalue weighted by Gasteiger charge is 2.06. The van der Waals surface area contributed by atoms with Gasteiger partial charge in [0.25, 0.3) is 0 Å². The van der Waals surface area contributed by atoms with Gasteiger partial charge in [0.2, 0.25) is 5.95 Å². The van der Waals surface area contributed by atoms with Gasteiger partial charge in [-0.15, -0.1) is 5.10 Å². The van der Waals surface area contributed by atoms with Crippen molar-refractivity contribution in [2.24, 2.45) is 5.92 Å². The van der Waals surface area contributed by atoms with Crippen LogP contribution >= 0.6 is 0 Å². The lowest BCUT2D eigenvalue weighted by atomic mass is 10.1. The van der Waals surface area contributed by atoms with Crippen molar-refractivity contribution in [1.82, 2.24) is 15.2 Å². The third kappa shape index (κ3) is 4.98. The number of hydrogen-bond donors (Lipinski definition) is 2. The summed E-state index contributed by atoms with van der Waals surface area (Å²) in [6, 6.07) is 5.56. The second kappa shape index (κ2) is 8.17. The number of rotatable bonds is 8. The van der Waals surface area contributed by atoms with E-state index in [2.05, 4.69) is 39.7 Å². The van der Waals surface area contributed by atoms with Crippen LogP contribution in [0.2, 0.25) is 0 Å². The van der Waals surface area contributed by atoms with Crippen molar-refractivity contribution in [3.8, 4) is 11.5 Å². The first kappa shape index (κ1) is 16.8. The lowest BCUT2D eigenvalue weighted by Gasteiger charge is -2.11. The fourth-order valence-electron chi connectivity index (χ4n) is 1.97. The highest BCUT2D eigenvalue weighted by atomic mass is 16.5. The summed E-state index contributed by atoms with van der Waals surface area (Å²) in [5.74, 6) is 3.07. The molecule has 0 amide bonds. The molecule has 0 saturated carbocycles. The molecule has 0 saturated heterocycles. The van der Waals surface area contributed by atoms with E-state index in [0.717, 1.165) is 18.7 Å². The second-order valence-electron chi connectivity index (χ2n) is 5.47. The molecule has 0 spiro atoms. The molecule has 1 aromatic carbocycles. The molecule has 23 heavy (non-hydrogen) atoms. The van der Waals surface area contributed by atoms with Crippen LogP contribution in [-0.2, 0) is 0 Å². The van der Waals surface area contributed by atoms with Crippen LogP contribution in [0.3, 0.4) is 0 Å². The number of aromatic nitrogens is 3. The van der Waals surface area contributed by atoms with E-state index >= 15 is 0 Å². The van der Waals surface area contributed by atoms with E-state index in [0.29, 0.717) is 29.2 Å². The molecule has 124 valence electrons. The summed E-state index contributed by atoms with van der Waals surface area (Å²) in [5, 5.41) is 14.3. The van der Waals surface area contributed by atoms with E-state index in [-0.39, 0.29) is 0 Å². The molecule has 1 heterocycles. The summed E-state index contributed by atoms with van der Waals surface area (Å²) < 4.78 is 10.5. The summed E-state index contributed by atoms with van der Waals surface area (Å²) in [4.78, 5) is 4.40. The minimum absolute atomic E-state index is 0.510. The molecule has 0 aliphatic rings. The molecule has 0 fully saturated rings. The monoisotopic (exact) mass is 317 g/mol. The first-order chi connectivity index (χ1) is 11.1. The average molecular weight is 317 g/mol. The average Bonchev–Trinajstić information content (AvgIpc) is 2.54. The maximum absolute atomic E-state index is 5.29. The molecule has 0 atom stereocenters. The van der Waals surface area contributed by atoms with Gasteiger partial charge in [0.1, 0.15) is 0 Å². The van der Waals surface area contributed by atoms with Gasteiger partial charge in [0.15, 0.2) is 17.3 Å². The molecular formula is C16H23N5O2. The van der Waals surface area contributed by atoms with Crippen molar-refractivity contribution < 1.29 is 9.47 Å². The van der Waals surface area contributed by atoms with Gasteiger partial charge in [-0.05, 0) is 24.5 Å². The van der Waals surface area contributed by atoms with Crippen molar-refractivity contribution in [3.63, 3.8) is 0 Å². The van der Waals surface area contributed by atoms with Gasteiger partial charge < -0.3 is 20.1 Å². The highest BCUT2D eigenvalue weighted by Crippen LogP contribution is 2.30. The van der Waals surface area contributed by atoms with Gasteiger partial charge in [0, 0.05) is 18.3 Å². The smallest absolute Gasteiger partial charge is 0.244 e. The minimum Gasteiger partial charge on any atom is -0.493 e. The molecule has 2 rings (SSSR count). The standard InChI is InChI=1S/C16H23N5O2/c1-11(2)7-8-17-16-20-15(10-18-21-16)19-12-5-6-13(22-3)14(9-12)23-4/h5-6,9-11H,7-8H2,1-4H3,(H2,17,19,20,21). The number of benzene rings is 1. The quantitative estimate of drug-likeness (QED) is 0.774. The van der Waals surface area contributed by atoms with Gasteiger partial charge in [-0.25, -0.2) is 0 Å². The molecule has 0 aliphatic carbocycles. The summed E-state index contributed by atoms with van der Waals surface area (Å²) in [6.45, 7) is 5.17. The van der Waals surface area contributed by atoms with Crippen molar-refractivity contribution in [3.05, 3.63) is 24.4 Å². The van der Waals surface area contributed by atoms with Crippen LogP contribution in [0.1, 0.15) is 20.3 Å². The first-order valence-electron chi connectivity index (χ1n) is 7.55. The van der Waals surface area contributed by atoms with Crippen LogP contribution in [0.25, 0.3) is 0 Å². The Morgan fingerprint density at radius 1 is 1.13 bits per heavy atom. The number of methoxy groups -OCH3 is 2. The molecule has 0 radical (unpaired) electrons. The number of ether oxygens (including phenoxy) is 2. The fraction of sp³-hybridized carbons (Fsp3) is 0.438. The molecular weight excluding hydrogens is 294 g/mol. The van der Waals surface area contributed by atoms with E-state index in [1.54, 1.807) is 20.4 Å². The van der Waals surface area contributed by atoms with Gasteiger partial charge in [-0.1, -0.05) is 13.8 Å². The van der Waals surface area contributed by atoms with Crippen molar-refractivity contribution in [2.75, 3.05) is 31.4 Å². The van der Waals surface area contributed by atoms with Gasteiger partial charge in [-0.3, -0.25) is 0 Å². The van der Waals surface area contributed by atoms with E-state index in [1.807, 2.05) is 18.2 Å². The first-order valence-corrected chi connectivity index (χ1v) is 7.55. The van der Waals surface area contributed by atoms with E-state index in [1.165, 1.54) is 0 Å². The normalized spacial score (nSPS) is 10.5. The highest BCUT2D eigenvalue weighted by molar-refractivity contribution is 5.61. The maximum Gasteiger partial charge on any atom is 0.244 e. The van der Waals surface area contributed by atoms with Crippen molar-refractivity contribution in [2.45, 2.75) is 20.3 Å². The minimum atomic E-state index is 0.510. The number of nitrogens with one attached hydrogen (secondary N) is 2. The lowest BCUT2D eigenvalue weighted by Crippen LogP contribution is -2.09. The van der Waals surface area contributed by atoms with Crippen molar-refractivity contribution in [1.29, 1.82) is 0 Å². The van der Waals surface area contributed by atoms with Gasteiger partial charge >= 0.3 is 0 Å². The zero-order valence-electron chi connectivity index (χ0n) is 14.0. The van der Waals surface area contributed by atoms with Crippen LogP contribution in [0.15, 0.2) is 24.4 Å². The molecule has 2 aromatic rings. The Morgan fingerprint density at radius 3 is 2.61 bits per heavy atom. The zero-order chi connectivity index (χ0) is 16.7. The fourth-order valence-corrected chi connectivity index (χ4v) is 1.97. The molecule has 2 N–H and O–H groups in total. The second-order valence-corrected chi connectivity index (χ2v) is 5.47. The zero-order valence-corrected chi connectivity index (χ0v) is 14.0. The van der Waals surface area contributed by atoms with Gasteiger partial charge in [-0.2, -0.15) is 10.1 Å². The largest absolute Gasteiger partial charge is 0.493 e. The van der Waals surface area contributed by atoms with Crippen LogP contribution in [0.4, 0.5) is 17.5 Å². The van der Waals surface area contributed by atoms with Gasteiger partial charge in [0.05, 0.1) is 20.4 Å². The SMILES string of the molecule is COc1ccc(Nc2cnnc(NCCC(C)C)n2)cc1OC. The van der Waals surface area contributed by atoms with Crippen LogP contribution < -0.4 is 20.1 Å². The van der Waals surface area contributed by atoms with E-state index in [4.69, 9.17) is 9.47 Å². The summed E-state index contributed by atoms with van der Waals surface area (Å²) >= 11 is 0. The Bertz CT molecular complexity index is 634. The Labute approximate surface area is 136 Å². The molecule has 0 bridgehead atoms. The molecule has 7 nitrogen and oxygen atoms in total. The van der Waals surface area contributed by atoms with Crippen LogP contribution in [0, 0.1) is 5.92 Å². The lowest BCUT2D eigenvalue weighted by molar-refractivity contribution is 0.355. The Morgan fingerprint density at radius 2 is 1.91 bits per heavy atom. The topological polar surface area (TPSA) is 81.2 Å². The number of hydrogen-bond acceptors (Lipinski definition) is 7. The molecule has 0 aliphatic heterocycles. The molecule has 1 aromatic heterocycles. The Hall–Kier alpha value is -2.57. The number of anilines is 3.